The first kappa shape index (κ1) is 21.8. The predicted molar refractivity (Wildman–Crippen MR) is 134 cm³/mol. The molecule has 2 aliphatic heterocycles. The number of ether oxygens (including phenoxy) is 2. The van der Waals surface area contributed by atoms with Gasteiger partial charge in [0.1, 0.15) is 17.3 Å². The average molecular weight is 489 g/mol. The van der Waals surface area contributed by atoms with Crippen LogP contribution >= 0.6 is 11.3 Å². The first-order valence-electron chi connectivity index (χ1n) is 11.6. The number of fused-ring (bicyclic) bond motifs is 2. The van der Waals surface area contributed by atoms with E-state index in [1.165, 1.54) is 11.3 Å². The molecular formula is C26H24N4O4S. The van der Waals surface area contributed by atoms with E-state index in [2.05, 4.69) is 9.88 Å². The highest BCUT2D eigenvalue weighted by Gasteiger charge is 2.32. The van der Waals surface area contributed by atoms with Gasteiger partial charge in [0.05, 0.1) is 11.9 Å². The number of hydrogen-bond donors (Lipinski definition) is 1. The normalized spacial score (nSPS) is 18.1. The van der Waals surface area contributed by atoms with Gasteiger partial charge in [0.25, 0.3) is 11.5 Å². The topological polar surface area (TPSA) is 87.8 Å². The number of aromatic nitrogens is 2. The highest BCUT2D eigenvalue weighted by Crippen LogP contribution is 2.32. The molecule has 8 nitrogen and oxygen atoms in total. The lowest BCUT2D eigenvalue weighted by Crippen LogP contribution is -2.53. The van der Waals surface area contributed by atoms with E-state index in [0.29, 0.717) is 55.4 Å². The molecule has 0 saturated carbocycles. The van der Waals surface area contributed by atoms with Crippen LogP contribution < -0.4 is 15.0 Å². The van der Waals surface area contributed by atoms with Crippen LogP contribution in [0.1, 0.15) is 5.82 Å². The number of carbonyl (C=O) groups is 1. The van der Waals surface area contributed by atoms with E-state index < -0.39 is 6.10 Å². The second-order valence-electron chi connectivity index (χ2n) is 8.67. The van der Waals surface area contributed by atoms with Crippen molar-refractivity contribution < 1.29 is 14.3 Å². The van der Waals surface area contributed by atoms with Crippen molar-refractivity contribution in [2.75, 3.05) is 32.8 Å². The minimum Gasteiger partial charge on any atom is -0.485 e. The second-order valence-corrected chi connectivity index (χ2v) is 9.70. The van der Waals surface area contributed by atoms with Crippen LogP contribution in [-0.2, 0) is 11.3 Å². The molecule has 1 N–H and O–H groups in total. The van der Waals surface area contributed by atoms with Gasteiger partial charge in [-0.05, 0) is 23.8 Å². The van der Waals surface area contributed by atoms with E-state index in [-0.39, 0.29) is 18.1 Å². The van der Waals surface area contributed by atoms with Crippen LogP contribution in [0.2, 0.25) is 0 Å². The van der Waals surface area contributed by atoms with Gasteiger partial charge in [-0.2, -0.15) is 0 Å². The zero-order chi connectivity index (χ0) is 23.8. The lowest BCUT2D eigenvalue weighted by molar-refractivity contribution is -0.143. The van der Waals surface area contributed by atoms with E-state index in [1.807, 2.05) is 65.6 Å². The highest BCUT2D eigenvalue weighted by atomic mass is 32.1. The third-order valence-corrected chi connectivity index (χ3v) is 7.43. The molecule has 4 heterocycles. The first-order valence-corrected chi connectivity index (χ1v) is 12.4. The summed E-state index contributed by atoms with van der Waals surface area (Å²) in [6.45, 7) is 3.30. The molecule has 0 radical (unpaired) electrons. The Balaban J connectivity index is 1.09. The quantitative estimate of drug-likeness (QED) is 0.475. The molecule has 0 aliphatic carbocycles. The average Bonchev–Trinajstić information content (AvgIpc) is 3.34. The van der Waals surface area contributed by atoms with Crippen LogP contribution in [-0.4, -0.2) is 64.6 Å². The Kier molecular flexibility index (Phi) is 5.71. The molecule has 2 aromatic carbocycles. The van der Waals surface area contributed by atoms with Crippen LogP contribution in [0.4, 0.5) is 0 Å². The monoisotopic (exact) mass is 488 g/mol. The summed E-state index contributed by atoms with van der Waals surface area (Å²) in [4.78, 5) is 39.1. The molecule has 2 aliphatic rings. The van der Waals surface area contributed by atoms with Crippen molar-refractivity contribution in [2.45, 2.75) is 12.6 Å². The van der Waals surface area contributed by atoms with Gasteiger partial charge in [0.15, 0.2) is 11.5 Å². The molecule has 2 aromatic heterocycles. The number of thiophene rings is 1. The molecule has 9 heteroatoms. The number of piperazine rings is 1. The summed E-state index contributed by atoms with van der Waals surface area (Å²) in [7, 11) is 0. The van der Waals surface area contributed by atoms with Crippen LogP contribution in [0.3, 0.4) is 0 Å². The maximum Gasteiger partial charge on any atom is 0.267 e. The smallest absolute Gasteiger partial charge is 0.267 e. The molecule has 1 saturated heterocycles. The zero-order valence-electron chi connectivity index (χ0n) is 19.0. The fourth-order valence-electron chi connectivity index (χ4n) is 4.48. The van der Waals surface area contributed by atoms with Crippen LogP contribution in [0, 0.1) is 0 Å². The van der Waals surface area contributed by atoms with Crippen molar-refractivity contribution in [3.05, 3.63) is 76.8 Å². The molecule has 0 unspecified atom stereocenters. The Labute approximate surface area is 205 Å². The van der Waals surface area contributed by atoms with E-state index in [1.54, 1.807) is 0 Å². The summed E-state index contributed by atoms with van der Waals surface area (Å²) < 4.78 is 11.6. The van der Waals surface area contributed by atoms with Crippen molar-refractivity contribution in [3.8, 4) is 21.9 Å². The number of aromatic amines is 1. The number of H-pyrrole nitrogens is 1. The van der Waals surface area contributed by atoms with Gasteiger partial charge >= 0.3 is 0 Å². The van der Waals surface area contributed by atoms with Crippen molar-refractivity contribution in [3.63, 3.8) is 0 Å². The lowest BCUT2D eigenvalue weighted by atomic mass is 10.2. The maximum absolute atomic E-state index is 13.0. The van der Waals surface area contributed by atoms with E-state index in [4.69, 9.17) is 14.5 Å². The Morgan fingerprint density at radius 2 is 1.77 bits per heavy atom. The van der Waals surface area contributed by atoms with Crippen molar-refractivity contribution in [1.82, 2.24) is 19.8 Å². The van der Waals surface area contributed by atoms with E-state index in [9.17, 15) is 9.59 Å². The minimum atomic E-state index is -0.630. The molecule has 1 fully saturated rings. The first-order chi connectivity index (χ1) is 17.1. The predicted octanol–water partition coefficient (Wildman–Crippen LogP) is 3.14. The Morgan fingerprint density at radius 1 is 1.03 bits per heavy atom. The molecule has 178 valence electrons. The second kappa shape index (κ2) is 9.16. The Hall–Kier alpha value is -3.69. The third-order valence-electron chi connectivity index (χ3n) is 6.35. The molecular weight excluding hydrogens is 464 g/mol. The van der Waals surface area contributed by atoms with Crippen molar-refractivity contribution in [2.24, 2.45) is 0 Å². The number of nitrogens with one attached hydrogen (secondary N) is 1. The van der Waals surface area contributed by atoms with Gasteiger partial charge < -0.3 is 19.4 Å². The Morgan fingerprint density at radius 3 is 2.57 bits per heavy atom. The fraction of sp³-hybridized carbons (Fsp3) is 0.269. The number of nitrogens with zero attached hydrogens (tertiary/aromatic N) is 3. The molecule has 6 rings (SSSR count). The summed E-state index contributed by atoms with van der Waals surface area (Å²) in [6, 6.07) is 19.3. The van der Waals surface area contributed by atoms with Crippen LogP contribution in [0.25, 0.3) is 20.7 Å². The number of amides is 1. The number of para-hydroxylation sites is 2. The summed E-state index contributed by atoms with van der Waals surface area (Å²) in [6.07, 6.45) is -0.630. The number of benzene rings is 2. The van der Waals surface area contributed by atoms with Gasteiger partial charge in [-0.1, -0.05) is 42.5 Å². The molecule has 0 bridgehead atoms. The highest BCUT2D eigenvalue weighted by molar-refractivity contribution is 7.21. The molecule has 0 spiro atoms. The molecule has 35 heavy (non-hydrogen) atoms. The minimum absolute atomic E-state index is 0.0564. The van der Waals surface area contributed by atoms with Gasteiger partial charge in [0, 0.05) is 31.1 Å². The summed E-state index contributed by atoms with van der Waals surface area (Å²) >= 11 is 1.53. The van der Waals surface area contributed by atoms with Crippen molar-refractivity contribution in [1.29, 1.82) is 0 Å². The molecule has 1 amide bonds. The number of rotatable bonds is 4. The largest absolute Gasteiger partial charge is 0.485 e. The van der Waals surface area contributed by atoms with E-state index >= 15 is 0 Å². The summed E-state index contributed by atoms with van der Waals surface area (Å²) in [5, 5.41) is 0.615. The standard InChI is InChI=1S/C26H24N4O4S/c31-24-18-14-22(17-6-2-1-3-7-17)35-25(18)28-23(27-24)15-29-10-12-30(13-11-29)26(32)21-16-33-19-8-4-5-9-20(19)34-21/h1-9,14,21H,10-13,15-16H2,(H,27,28,31)/t21-/m1/s1. The third kappa shape index (κ3) is 4.40. The molecule has 1 atom stereocenters. The van der Waals surface area contributed by atoms with Gasteiger partial charge in [-0.25, -0.2) is 4.98 Å². The fourth-order valence-corrected chi connectivity index (χ4v) is 5.54. The summed E-state index contributed by atoms with van der Waals surface area (Å²) in [5.74, 6) is 1.86. The molecule has 4 aromatic rings. The van der Waals surface area contributed by atoms with Gasteiger partial charge in [-0.3, -0.25) is 14.5 Å². The summed E-state index contributed by atoms with van der Waals surface area (Å²) in [5.41, 5.74) is 0.958. The zero-order valence-corrected chi connectivity index (χ0v) is 19.8. The van der Waals surface area contributed by atoms with Gasteiger partial charge in [0.2, 0.25) is 6.10 Å². The SMILES string of the molecule is O=C([C@H]1COc2ccccc2O1)N1CCN(Cc2nc3sc(-c4ccccc4)cc3c(=O)[nH]2)CC1. The van der Waals surface area contributed by atoms with Gasteiger partial charge in [-0.15, -0.1) is 11.3 Å². The van der Waals surface area contributed by atoms with Crippen molar-refractivity contribution >= 4 is 27.5 Å². The van der Waals surface area contributed by atoms with Crippen LogP contribution in [0.15, 0.2) is 65.5 Å². The number of hydrogen-bond acceptors (Lipinski definition) is 7. The number of carbonyl (C=O) groups excluding carboxylic acids is 1. The lowest BCUT2D eigenvalue weighted by Gasteiger charge is -2.36. The Bertz CT molecular complexity index is 1430. The maximum atomic E-state index is 13.0. The van der Waals surface area contributed by atoms with Crippen LogP contribution in [0.5, 0.6) is 11.5 Å². The van der Waals surface area contributed by atoms with E-state index in [0.717, 1.165) is 15.3 Å².